The van der Waals surface area contributed by atoms with Gasteiger partial charge in [0.2, 0.25) is 5.91 Å². The molecule has 3 rings (SSSR count). The van der Waals surface area contributed by atoms with Gasteiger partial charge in [-0.2, -0.15) is 0 Å². The van der Waals surface area contributed by atoms with Crippen molar-refractivity contribution >= 4 is 29.7 Å². The van der Waals surface area contributed by atoms with E-state index in [2.05, 4.69) is 24.1 Å². The third-order valence-corrected chi connectivity index (χ3v) is 6.03. The van der Waals surface area contributed by atoms with Crippen LogP contribution in [0.5, 0.6) is 0 Å². The third-order valence-electron chi connectivity index (χ3n) is 5.09. The lowest BCUT2D eigenvalue weighted by atomic mass is 9.80. The van der Waals surface area contributed by atoms with E-state index in [9.17, 15) is 9.18 Å². The van der Waals surface area contributed by atoms with Crippen molar-refractivity contribution in [2.75, 3.05) is 19.6 Å². The van der Waals surface area contributed by atoms with Crippen LogP contribution in [-0.2, 0) is 4.79 Å². The minimum Gasteiger partial charge on any atom is -0.343 e. The first-order valence-electron chi connectivity index (χ1n) is 8.91. The second kappa shape index (κ2) is 9.15. The molecule has 1 saturated heterocycles. The van der Waals surface area contributed by atoms with E-state index in [0.29, 0.717) is 6.54 Å². The van der Waals surface area contributed by atoms with Gasteiger partial charge in [-0.05, 0) is 41.0 Å². The largest absolute Gasteiger partial charge is 0.343 e. The SMILES string of the molecule is CC1(C)CN(CC(=O)NC(c2ccc(F)cc2)c2cccs2)CCC1N.Cl. The Morgan fingerprint density at radius 3 is 2.67 bits per heavy atom. The van der Waals surface area contributed by atoms with Gasteiger partial charge >= 0.3 is 0 Å². The van der Waals surface area contributed by atoms with Gasteiger partial charge in [-0.1, -0.05) is 32.0 Å². The van der Waals surface area contributed by atoms with Crippen LogP contribution < -0.4 is 11.1 Å². The average molecular weight is 412 g/mol. The van der Waals surface area contributed by atoms with E-state index in [-0.39, 0.29) is 41.6 Å². The van der Waals surface area contributed by atoms with Gasteiger partial charge in [0, 0.05) is 24.0 Å². The van der Waals surface area contributed by atoms with E-state index in [1.807, 2.05) is 17.5 Å². The van der Waals surface area contributed by atoms with Crippen molar-refractivity contribution in [2.45, 2.75) is 32.4 Å². The van der Waals surface area contributed by atoms with Crippen LogP contribution in [0.1, 0.15) is 36.8 Å². The number of halogens is 2. The van der Waals surface area contributed by atoms with E-state index in [1.54, 1.807) is 23.5 Å². The summed E-state index contributed by atoms with van der Waals surface area (Å²) in [6.45, 7) is 6.28. The fourth-order valence-corrected chi connectivity index (χ4v) is 4.26. The van der Waals surface area contributed by atoms with Crippen LogP contribution >= 0.6 is 23.7 Å². The molecule has 0 radical (unpaired) electrons. The average Bonchev–Trinajstić information content (AvgIpc) is 3.11. The lowest BCUT2D eigenvalue weighted by Gasteiger charge is -2.42. The van der Waals surface area contributed by atoms with Crippen LogP contribution in [0.4, 0.5) is 4.39 Å². The Hall–Kier alpha value is -1.47. The number of carbonyl (C=O) groups excluding carboxylic acids is 1. The van der Waals surface area contributed by atoms with E-state index in [0.717, 1.165) is 30.0 Å². The van der Waals surface area contributed by atoms with Crippen molar-refractivity contribution < 1.29 is 9.18 Å². The summed E-state index contributed by atoms with van der Waals surface area (Å²) in [7, 11) is 0. The summed E-state index contributed by atoms with van der Waals surface area (Å²) in [5.41, 5.74) is 7.06. The normalized spacial score (nSPS) is 20.5. The quantitative estimate of drug-likeness (QED) is 0.790. The Balaban J connectivity index is 0.00000261. The zero-order chi connectivity index (χ0) is 18.7. The zero-order valence-electron chi connectivity index (χ0n) is 15.7. The maximum absolute atomic E-state index is 13.3. The number of carbonyl (C=O) groups is 1. The highest BCUT2D eigenvalue weighted by atomic mass is 35.5. The number of nitrogens with two attached hydrogens (primary N) is 1. The van der Waals surface area contributed by atoms with E-state index in [4.69, 9.17) is 5.73 Å². The van der Waals surface area contributed by atoms with Crippen LogP contribution in [0.2, 0.25) is 0 Å². The molecule has 1 amide bonds. The van der Waals surface area contributed by atoms with Crippen molar-refractivity contribution in [1.82, 2.24) is 10.2 Å². The summed E-state index contributed by atoms with van der Waals surface area (Å²) in [4.78, 5) is 15.9. The molecule has 2 aromatic rings. The predicted molar refractivity (Wildman–Crippen MR) is 111 cm³/mol. The second-order valence-corrected chi connectivity index (χ2v) is 8.64. The molecule has 27 heavy (non-hydrogen) atoms. The highest BCUT2D eigenvalue weighted by molar-refractivity contribution is 7.10. The number of hydrogen-bond acceptors (Lipinski definition) is 4. The first-order valence-corrected chi connectivity index (χ1v) is 9.79. The van der Waals surface area contributed by atoms with Gasteiger partial charge in [0.1, 0.15) is 5.82 Å². The highest BCUT2D eigenvalue weighted by Crippen LogP contribution is 2.28. The van der Waals surface area contributed by atoms with E-state index in [1.165, 1.54) is 12.1 Å². The number of nitrogens with zero attached hydrogens (tertiary/aromatic N) is 1. The Labute approximate surface area is 170 Å². The molecule has 2 atom stereocenters. The highest BCUT2D eigenvalue weighted by Gasteiger charge is 2.34. The smallest absolute Gasteiger partial charge is 0.234 e. The number of rotatable bonds is 5. The molecular weight excluding hydrogens is 385 g/mol. The molecule has 1 aromatic carbocycles. The van der Waals surface area contributed by atoms with Crippen LogP contribution in [0.25, 0.3) is 0 Å². The molecule has 1 aromatic heterocycles. The van der Waals surface area contributed by atoms with Crippen LogP contribution in [0.15, 0.2) is 41.8 Å². The summed E-state index contributed by atoms with van der Waals surface area (Å²) in [5.74, 6) is -0.309. The molecule has 7 heteroatoms. The van der Waals surface area contributed by atoms with Crippen molar-refractivity contribution in [3.05, 3.63) is 58.0 Å². The maximum Gasteiger partial charge on any atom is 0.234 e. The first kappa shape index (κ1) is 21.8. The van der Waals surface area contributed by atoms with Crippen LogP contribution in [0.3, 0.4) is 0 Å². The zero-order valence-corrected chi connectivity index (χ0v) is 17.3. The maximum atomic E-state index is 13.3. The standard InChI is InChI=1S/C20H26FN3OS.ClH/c1-20(2)13-24(10-9-17(20)22)12-18(25)23-19(16-4-3-11-26-16)14-5-7-15(21)8-6-14;/h3-8,11,17,19H,9-10,12-13,22H2,1-2H3,(H,23,25);1H. The molecule has 0 aliphatic carbocycles. The van der Waals surface area contributed by atoms with Gasteiger partial charge in [-0.25, -0.2) is 4.39 Å². The molecule has 1 aliphatic rings. The fraction of sp³-hybridized carbons (Fsp3) is 0.450. The van der Waals surface area contributed by atoms with E-state index >= 15 is 0 Å². The number of hydrogen-bond donors (Lipinski definition) is 2. The van der Waals surface area contributed by atoms with Gasteiger partial charge in [0.05, 0.1) is 12.6 Å². The molecule has 0 spiro atoms. The van der Waals surface area contributed by atoms with E-state index < -0.39 is 0 Å². The van der Waals surface area contributed by atoms with Gasteiger partial charge in [0.15, 0.2) is 0 Å². The monoisotopic (exact) mass is 411 g/mol. The predicted octanol–water partition coefficient (Wildman–Crippen LogP) is 3.57. The summed E-state index contributed by atoms with van der Waals surface area (Å²) in [6, 6.07) is 10.2. The van der Waals surface area contributed by atoms with Gasteiger partial charge in [-0.3, -0.25) is 9.69 Å². The molecule has 3 N–H and O–H groups in total. The molecule has 2 unspecified atom stereocenters. The Kier molecular flexibility index (Phi) is 7.40. The molecule has 0 saturated carbocycles. The first-order chi connectivity index (χ1) is 12.3. The fourth-order valence-electron chi connectivity index (χ4n) is 3.46. The topological polar surface area (TPSA) is 58.4 Å². The Bertz CT molecular complexity index is 736. The molecule has 148 valence electrons. The second-order valence-electron chi connectivity index (χ2n) is 7.66. The Morgan fingerprint density at radius 1 is 1.37 bits per heavy atom. The molecule has 0 bridgehead atoms. The number of likely N-dealkylation sites (tertiary alicyclic amines) is 1. The molecule has 4 nitrogen and oxygen atoms in total. The van der Waals surface area contributed by atoms with Crippen molar-refractivity contribution in [3.63, 3.8) is 0 Å². The molecule has 2 heterocycles. The summed E-state index contributed by atoms with van der Waals surface area (Å²) in [6.07, 6.45) is 0.895. The summed E-state index contributed by atoms with van der Waals surface area (Å²) >= 11 is 1.58. The summed E-state index contributed by atoms with van der Waals surface area (Å²) in [5, 5.41) is 5.10. The number of benzene rings is 1. The summed E-state index contributed by atoms with van der Waals surface area (Å²) < 4.78 is 13.3. The van der Waals surface area contributed by atoms with Gasteiger partial charge in [0.25, 0.3) is 0 Å². The minimum atomic E-state index is -0.281. The van der Waals surface area contributed by atoms with Crippen LogP contribution in [0, 0.1) is 11.2 Å². The number of nitrogens with one attached hydrogen (secondary N) is 1. The van der Waals surface area contributed by atoms with Crippen LogP contribution in [-0.4, -0.2) is 36.5 Å². The van der Waals surface area contributed by atoms with Crippen molar-refractivity contribution in [2.24, 2.45) is 11.1 Å². The third kappa shape index (κ3) is 5.51. The lowest BCUT2D eigenvalue weighted by molar-refractivity contribution is -0.123. The number of piperidine rings is 1. The molecule has 1 fully saturated rings. The number of amides is 1. The van der Waals surface area contributed by atoms with Crippen molar-refractivity contribution in [1.29, 1.82) is 0 Å². The molecule has 1 aliphatic heterocycles. The van der Waals surface area contributed by atoms with Gasteiger partial charge in [-0.15, -0.1) is 23.7 Å². The van der Waals surface area contributed by atoms with Gasteiger partial charge < -0.3 is 11.1 Å². The molecular formula is C20H27ClFN3OS. The number of thiophene rings is 1. The lowest BCUT2D eigenvalue weighted by Crippen LogP contribution is -2.54. The Morgan fingerprint density at radius 2 is 2.07 bits per heavy atom. The van der Waals surface area contributed by atoms with Crippen molar-refractivity contribution in [3.8, 4) is 0 Å². The minimum absolute atomic E-state index is 0.